The van der Waals surface area contributed by atoms with Gasteiger partial charge in [-0.3, -0.25) is 9.59 Å². The highest BCUT2D eigenvalue weighted by Crippen LogP contribution is 2.25. The van der Waals surface area contributed by atoms with Gasteiger partial charge < -0.3 is 39.7 Å². The summed E-state index contributed by atoms with van der Waals surface area (Å²) in [6.07, 6.45) is 39.9. The van der Waals surface area contributed by atoms with Crippen LogP contribution in [0.15, 0.2) is 24.3 Å². The highest BCUT2D eigenvalue weighted by atomic mass is 31.2. The van der Waals surface area contributed by atoms with Gasteiger partial charge >= 0.3 is 19.8 Å². The first-order chi connectivity index (χ1) is 26.0. The van der Waals surface area contributed by atoms with Crippen LogP contribution in [0.1, 0.15) is 194 Å². The molecule has 0 saturated heterocycles. The van der Waals surface area contributed by atoms with E-state index in [1.165, 1.54) is 116 Å². The molecule has 0 aliphatic carbocycles. The molecule has 0 aliphatic heterocycles. The lowest BCUT2D eigenvalue weighted by molar-refractivity contribution is -0.147. The molecule has 54 heavy (non-hydrogen) atoms. The molecule has 6 N–H and O–H groups in total. The maximum Gasteiger partial charge on any atom is 0.466 e. The van der Waals surface area contributed by atoms with Crippen LogP contribution in [-0.2, 0) is 23.6 Å². The molecule has 320 valence electrons. The molecule has 0 bridgehead atoms. The van der Waals surface area contributed by atoms with Crippen molar-refractivity contribution in [2.45, 2.75) is 206 Å². The molecule has 0 unspecified atom stereocenters. The standard InChI is InChI=1S/C42H79NO6.H3O4P/c1-3-5-7-9-11-13-15-17-19-21-23-25-27-29-31-33-41(46)48-37-39(44)35-43-36-40(45)38-49-42(47)34-32-30-28-26-24-22-20-18-16-14-12-10-8-6-4-2;1-5(2,3)4/h17-20,39-40,43-45H,3-16,21-38H2,1-2H3;(H3,1,2,3,4)/b19-17-,20-18-;/t39-,40-;/m0./s1. The van der Waals surface area contributed by atoms with Crippen LogP contribution in [0.3, 0.4) is 0 Å². The summed E-state index contributed by atoms with van der Waals surface area (Å²) in [6.45, 7) is 4.73. The molecule has 0 aromatic heterocycles. The lowest BCUT2D eigenvalue weighted by Crippen LogP contribution is -2.37. The van der Waals surface area contributed by atoms with E-state index in [0.717, 1.165) is 51.4 Å². The van der Waals surface area contributed by atoms with Crippen molar-refractivity contribution in [3.8, 4) is 0 Å². The highest BCUT2D eigenvalue weighted by Gasteiger charge is 2.12. The molecule has 0 heterocycles. The minimum atomic E-state index is -4.64. The predicted octanol–water partition coefficient (Wildman–Crippen LogP) is 9.53. The number of carbonyl (C=O) groups is 2. The van der Waals surface area contributed by atoms with Gasteiger partial charge in [0.1, 0.15) is 25.4 Å². The fraction of sp³-hybridized carbons (Fsp3) is 0.857. The first-order valence-electron chi connectivity index (χ1n) is 21.5. The molecule has 0 aromatic rings. The van der Waals surface area contributed by atoms with Crippen LogP contribution >= 0.6 is 7.82 Å². The third-order valence-electron chi connectivity index (χ3n) is 8.92. The number of ether oxygens (including phenoxy) is 2. The quantitative estimate of drug-likeness (QED) is 0.0152. The van der Waals surface area contributed by atoms with Crippen LogP contribution in [0.4, 0.5) is 0 Å². The van der Waals surface area contributed by atoms with Crippen molar-refractivity contribution in [3.63, 3.8) is 0 Å². The minimum Gasteiger partial charge on any atom is -0.463 e. The molecule has 0 radical (unpaired) electrons. The molecule has 0 amide bonds. The SMILES string of the molecule is CCCCCCCC/C=C\CCCCCCCC(=O)OC[C@@H](O)CNC[C@H](O)COC(=O)CCCCCCC/C=C\CCCCCCCC.O=P(O)(O)O. The van der Waals surface area contributed by atoms with Crippen molar-refractivity contribution in [2.75, 3.05) is 26.3 Å². The van der Waals surface area contributed by atoms with Gasteiger partial charge in [-0.2, -0.15) is 0 Å². The van der Waals surface area contributed by atoms with Crippen LogP contribution in [0.25, 0.3) is 0 Å². The first-order valence-corrected chi connectivity index (χ1v) is 23.0. The molecule has 0 spiro atoms. The van der Waals surface area contributed by atoms with Crippen molar-refractivity contribution in [1.82, 2.24) is 5.32 Å². The number of esters is 2. The number of phosphoric acid groups is 1. The van der Waals surface area contributed by atoms with E-state index in [9.17, 15) is 19.8 Å². The van der Waals surface area contributed by atoms with Gasteiger partial charge in [-0.15, -0.1) is 0 Å². The van der Waals surface area contributed by atoms with Gasteiger partial charge in [-0.25, -0.2) is 4.57 Å². The largest absolute Gasteiger partial charge is 0.466 e. The van der Waals surface area contributed by atoms with Crippen LogP contribution in [-0.4, -0.2) is 75.3 Å². The Balaban J connectivity index is 0. The lowest BCUT2D eigenvalue weighted by atomic mass is 10.1. The topological polar surface area (TPSA) is 183 Å². The number of unbranched alkanes of at least 4 members (excludes halogenated alkanes) is 22. The smallest absolute Gasteiger partial charge is 0.463 e. The monoisotopic (exact) mass is 792 g/mol. The molecule has 0 aromatic carbocycles. The van der Waals surface area contributed by atoms with Crippen LogP contribution in [0, 0.1) is 0 Å². The zero-order chi connectivity index (χ0) is 40.4. The number of aliphatic hydroxyl groups is 2. The molecule has 0 fully saturated rings. The zero-order valence-electron chi connectivity index (χ0n) is 34.3. The number of hydrogen-bond acceptors (Lipinski definition) is 8. The van der Waals surface area contributed by atoms with E-state index >= 15 is 0 Å². The Kier molecular flexibility index (Phi) is 43.0. The summed E-state index contributed by atoms with van der Waals surface area (Å²) in [5.74, 6) is -0.565. The number of allylic oxidation sites excluding steroid dienone is 4. The molecule has 0 rings (SSSR count). The Morgan fingerprint density at radius 2 is 0.759 bits per heavy atom. The third-order valence-corrected chi connectivity index (χ3v) is 8.92. The van der Waals surface area contributed by atoms with Gasteiger partial charge in [0.25, 0.3) is 0 Å². The van der Waals surface area contributed by atoms with Gasteiger partial charge in [0.05, 0.1) is 0 Å². The molecular formula is C42H82NO10P. The summed E-state index contributed by atoms with van der Waals surface area (Å²) >= 11 is 0. The van der Waals surface area contributed by atoms with Gasteiger partial charge in [0.15, 0.2) is 0 Å². The highest BCUT2D eigenvalue weighted by molar-refractivity contribution is 7.45. The predicted molar refractivity (Wildman–Crippen MR) is 220 cm³/mol. The van der Waals surface area contributed by atoms with Crippen molar-refractivity contribution in [2.24, 2.45) is 0 Å². The van der Waals surface area contributed by atoms with E-state index in [4.69, 9.17) is 28.7 Å². The third kappa shape index (κ3) is 52.5. The molecule has 2 atom stereocenters. The van der Waals surface area contributed by atoms with Crippen molar-refractivity contribution in [1.29, 1.82) is 0 Å². The molecule has 11 nitrogen and oxygen atoms in total. The summed E-state index contributed by atoms with van der Waals surface area (Å²) in [7, 11) is -4.64. The summed E-state index contributed by atoms with van der Waals surface area (Å²) < 4.78 is 19.3. The first kappa shape index (κ1) is 54.5. The normalized spacial score (nSPS) is 12.9. The van der Waals surface area contributed by atoms with E-state index in [0.29, 0.717) is 12.8 Å². The second kappa shape index (κ2) is 42.6. The maximum atomic E-state index is 12.0. The van der Waals surface area contributed by atoms with Crippen molar-refractivity contribution in [3.05, 3.63) is 24.3 Å². The van der Waals surface area contributed by atoms with E-state index in [2.05, 4.69) is 43.5 Å². The maximum absolute atomic E-state index is 12.0. The molecule has 12 heteroatoms. The number of carbonyl (C=O) groups excluding carboxylic acids is 2. The average molecular weight is 792 g/mol. The molecular weight excluding hydrogens is 709 g/mol. The van der Waals surface area contributed by atoms with E-state index < -0.39 is 20.0 Å². The molecule has 0 saturated carbocycles. The fourth-order valence-corrected chi connectivity index (χ4v) is 5.74. The van der Waals surface area contributed by atoms with E-state index in [-0.39, 0.29) is 38.2 Å². The van der Waals surface area contributed by atoms with Crippen molar-refractivity contribution < 1.29 is 48.5 Å². The van der Waals surface area contributed by atoms with Crippen LogP contribution in [0.2, 0.25) is 0 Å². The Bertz CT molecular complexity index is 857. The summed E-state index contributed by atoms with van der Waals surface area (Å²) in [4.78, 5) is 45.5. The average Bonchev–Trinajstić information content (AvgIpc) is 3.12. The van der Waals surface area contributed by atoms with Crippen LogP contribution < -0.4 is 5.32 Å². The van der Waals surface area contributed by atoms with Gasteiger partial charge in [-0.1, -0.05) is 141 Å². The van der Waals surface area contributed by atoms with Gasteiger partial charge in [0, 0.05) is 25.9 Å². The number of rotatable bonds is 38. The van der Waals surface area contributed by atoms with Gasteiger partial charge in [-0.05, 0) is 64.2 Å². The summed E-state index contributed by atoms with van der Waals surface area (Å²) in [5, 5.41) is 23.1. The number of aliphatic hydroxyl groups excluding tert-OH is 2. The number of hydrogen-bond donors (Lipinski definition) is 6. The van der Waals surface area contributed by atoms with E-state index in [1.807, 2.05) is 0 Å². The van der Waals surface area contributed by atoms with Gasteiger partial charge in [0.2, 0.25) is 0 Å². The van der Waals surface area contributed by atoms with Crippen LogP contribution in [0.5, 0.6) is 0 Å². The Morgan fingerprint density at radius 3 is 1.06 bits per heavy atom. The molecule has 0 aliphatic rings. The Hall–Kier alpha value is -1.59. The lowest BCUT2D eigenvalue weighted by Gasteiger charge is -2.15. The zero-order valence-corrected chi connectivity index (χ0v) is 35.2. The minimum absolute atomic E-state index is 0.0715. The van der Waals surface area contributed by atoms with E-state index in [1.54, 1.807) is 0 Å². The second-order valence-electron chi connectivity index (χ2n) is 14.5. The fourth-order valence-electron chi connectivity index (χ4n) is 5.74. The van der Waals surface area contributed by atoms with Crippen molar-refractivity contribution >= 4 is 19.8 Å². The summed E-state index contributed by atoms with van der Waals surface area (Å²) in [6, 6.07) is 0. The Morgan fingerprint density at radius 1 is 0.500 bits per heavy atom. The second-order valence-corrected chi connectivity index (χ2v) is 15.5. The Labute approximate surface area is 329 Å². The summed E-state index contributed by atoms with van der Waals surface area (Å²) in [5.41, 5.74) is 0. The number of nitrogens with one attached hydrogen (secondary N) is 1.